The van der Waals surface area contributed by atoms with Gasteiger partial charge >= 0.3 is 0 Å². The van der Waals surface area contributed by atoms with Gasteiger partial charge in [0.2, 0.25) is 0 Å². The van der Waals surface area contributed by atoms with Crippen molar-refractivity contribution in [3.8, 4) is 12.1 Å². The molecule has 0 aliphatic heterocycles. The van der Waals surface area contributed by atoms with Crippen molar-refractivity contribution in [3.05, 3.63) is 46.8 Å². The Morgan fingerprint density at radius 2 is 1.89 bits per heavy atom. The van der Waals surface area contributed by atoms with Gasteiger partial charge in [0.25, 0.3) is 0 Å². The van der Waals surface area contributed by atoms with Gasteiger partial charge < -0.3 is 5.73 Å². The highest BCUT2D eigenvalue weighted by Gasteiger charge is 2.00. The van der Waals surface area contributed by atoms with Crippen LogP contribution in [0.4, 0.5) is 0 Å². The molecule has 0 aliphatic carbocycles. The van der Waals surface area contributed by atoms with Crippen LogP contribution < -0.4 is 5.73 Å². The molecule has 4 nitrogen and oxygen atoms in total. The number of hydrogen-bond donors (Lipinski definition) is 1. The zero-order valence-electron chi connectivity index (χ0n) is 11.1. The van der Waals surface area contributed by atoms with E-state index in [1.807, 2.05) is 24.3 Å². The summed E-state index contributed by atoms with van der Waals surface area (Å²) in [5.74, 6) is 0.614. The lowest BCUT2D eigenvalue weighted by Gasteiger charge is -2.04. The number of nitrogens with two attached hydrogens (primary N) is 1. The molecule has 0 amide bonds. The minimum atomic E-state index is -0.171. The van der Waals surface area contributed by atoms with Crippen LogP contribution in [0, 0.1) is 28.6 Å². The fraction of sp³-hybridized carbons (Fsp3) is 0.267. The van der Waals surface area contributed by atoms with Crippen molar-refractivity contribution in [2.24, 2.45) is 16.6 Å². The molecule has 19 heavy (non-hydrogen) atoms. The van der Waals surface area contributed by atoms with Gasteiger partial charge in [0, 0.05) is 6.21 Å². The molecular formula is C15H16N4. The molecule has 0 bridgehead atoms. The lowest BCUT2D eigenvalue weighted by atomic mass is 10.0. The van der Waals surface area contributed by atoms with Crippen LogP contribution in [0.15, 0.2) is 40.7 Å². The molecule has 0 saturated carbocycles. The van der Waals surface area contributed by atoms with Gasteiger partial charge in [-0.15, -0.1) is 0 Å². The Morgan fingerprint density at radius 3 is 2.37 bits per heavy atom. The lowest BCUT2D eigenvalue weighted by Crippen LogP contribution is -1.98. The minimum absolute atomic E-state index is 0.0613. The molecular weight excluding hydrogens is 236 g/mol. The number of allylic oxidation sites excluding steroid dienone is 2. The fourth-order valence-electron chi connectivity index (χ4n) is 1.56. The monoisotopic (exact) mass is 252 g/mol. The van der Waals surface area contributed by atoms with Gasteiger partial charge in [-0.3, -0.25) is 0 Å². The molecule has 1 aromatic rings. The van der Waals surface area contributed by atoms with E-state index in [1.54, 1.807) is 12.1 Å². The van der Waals surface area contributed by atoms with Crippen molar-refractivity contribution in [1.29, 1.82) is 10.5 Å². The predicted molar refractivity (Wildman–Crippen MR) is 75.0 cm³/mol. The zero-order valence-corrected chi connectivity index (χ0v) is 11.1. The quantitative estimate of drug-likeness (QED) is 0.659. The first-order chi connectivity index (χ1) is 9.06. The Kier molecular flexibility index (Phi) is 5.32. The number of nitrogens with zero attached hydrogens (tertiary/aromatic N) is 3. The molecule has 4 heteroatoms. The second-order valence-electron chi connectivity index (χ2n) is 4.58. The summed E-state index contributed by atoms with van der Waals surface area (Å²) in [4.78, 5) is 3.92. The Morgan fingerprint density at radius 1 is 1.26 bits per heavy atom. The van der Waals surface area contributed by atoms with E-state index in [1.165, 1.54) is 11.8 Å². The first-order valence-corrected chi connectivity index (χ1v) is 5.99. The standard InChI is InChI=1S/C15H16N4/c1-11(2)7-12-3-5-13(6-4-12)10-19-15(9-17)14(18)8-16/h3-6,10-11H,7,18H2,1-2H3/b15-14-,19-10?. The van der Waals surface area contributed by atoms with Gasteiger partial charge in [-0.2, -0.15) is 10.5 Å². The molecule has 96 valence electrons. The maximum Gasteiger partial charge on any atom is 0.174 e. The second-order valence-corrected chi connectivity index (χ2v) is 4.58. The van der Waals surface area contributed by atoms with Crippen LogP contribution in [0.25, 0.3) is 0 Å². The van der Waals surface area contributed by atoms with E-state index in [-0.39, 0.29) is 11.4 Å². The van der Waals surface area contributed by atoms with E-state index in [4.69, 9.17) is 16.3 Å². The van der Waals surface area contributed by atoms with Crippen molar-refractivity contribution in [3.63, 3.8) is 0 Å². The van der Waals surface area contributed by atoms with Crippen LogP contribution in [0.3, 0.4) is 0 Å². The predicted octanol–water partition coefficient (Wildman–Crippen LogP) is 2.52. The van der Waals surface area contributed by atoms with E-state index >= 15 is 0 Å². The van der Waals surface area contributed by atoms with Crippen LogP contribution in [-0.4, -0.2) is 6.21 Å². The van der Waals surface area contributed by atoms with Gasteiger partial charge in [0.15, 0.2) is 5.70 Å². The molecule has 0 unspecified atom stereocenters. The molecule has 0 aliphatic rings. The van der Waals surface area contributed by atoms with Crippen LogP contribution in [0.1, 0.15) is 25.0 Å². The Balaban J connectivity index is 2.85. The highest BCUT2D eigenvalue weighted by atomic mass is 14.8. The maximum atomic E-state index is 8.80. The SMILES string of the molecule is CC(C)Cc1ccc(C=N/C(C#N)=C(\N)C#N)cc1. The number of nitriles is 2. The average Bonchev–Trinajstić information content (AvgIpc) is 2.40. The molecule has 0 radical (unpaired) electrons. The van der Waals surface area contributed by atoms with Crippen LogP contribution in [-0.2, 0) is 6.42 Å². The molecule has 0 fully saturated rings. The minimum Gasteiger partial charge on any atom is -0.388 e. The summed E-state index contributed by atoms with van der Waals surface area (Å²) < 4.78 is 0. The van der Waals surface area contributed by atoms with Gasteiger partial charge in [-0.25, -0.2) is 4.99 Å². The molecule has 0 heterocycles. The van der Waals surface area contributed by atoms with Gasteiger partial charge in [-0.1, -0.05) is 38.1 Å². The van der Waals surface area contributed by atoms with E-state index in [9.17, 15) is 0 Å². The number of rotatable bonds is 4. The number of hydrogen-bond acceptors (Lipinski definition) is 4. The summed E-state index contributed by atoms with van der Waals surface area (Å²) in [6.07, 6.45) is 2.56. The van der Waals surface area contributed by atoms with Crippen molar-refractivity contribution >= 4 is 6.21 Å². The maximum absolute atomic E-state index is 8.80. The van der Waals surface area contributed by atoms with E-state index in [0.29, 0.717) is 5.92 Å². The molecule has 0 aromatic heterocycles. The highest BCUT2D eigenvalue weighted by molar-refractivity contribution is 5.80. The van der Waals surface area contributed by atoms with Crippen molar-refractivity contribution in [1.82, 2.24) is 0 Å². The largest absolute Gasteiger partial charge is 0.388 e. The summed E-state index contributed by atoms with van der Waals surface area (Å²) in [6.45, 7) is 4.34. The zero-order chi connectivity index (χ0) is 14.3. The van der Waals surface area contributed by atoms with E-state index in [2.05, 4.69) is 18.8 Å². The number of benzene rings is 1. The summed E-state index contributed by atoms with van der Waals surface area (Å²) in [5.41, 5.74) is 7.25. The Bertz CT molecular complexity index is 566. The van der Waals surface area contributed by atoms with Gasteiger partial charge in [-0.05, 0) is 23.5 Å². The van der Waals surface area contributed by atoms with Crippen molar-refractivity contribution < 1.29 is 0 Å². The molecule has 0 saturated heterocycles. The van der Waals surface area contributed by atoms with Gasteiger partial charge in [0.05, 0.1) is 0 Å². The summed E-state index contributed by atoms with van der Waals surface area (Å²) in [5, 5.41) is 17.4. The molecule has 0 spiro atoms. The molecule has 1 aromatic carbocycles. The van der Waals surface area contributed by atoms with Crippen molar-refractivity contribution in [2.75, 3.05) is 0 Å². The van der Waals surface area contributed by atoms with Gasteiger partial charge in [0.1, 0.15) is 17.8 Å². The first-order valence-electron chi connectivity index (χ1n) is 5.99. The van der Waals surface area contributed by atoms with Crippen LogP contribution >= 0.6 is 0 Å². The summed E-state index contributed by atoms with van der Waals surface area (Å²) in [6, 6.07) is 11.4. The fourth-order valence-corrected chi connectivity index (χ4v) is 1.56. The lowest BCUT2D eigenvalue weighted by molar-refractivity contribution is 0.647. The molecule has 1 rings (SSSR count). The number of aliphatic imine (C=N–C) groups is 1. The third-order valence-corrected chi connectivity index (χ3v) is 2.45. The third-order valence-electron chi connectivity index (χ3n) is 2.45. The average molecular weight is 252 g/mol. The highest BCUT2D eigenvalue weighted by Crippen LogP contribution is 2.09. The molecule has 0 atom stereocenters. The topological polar surface area (TPSA) is 86.0 Å². The van der Waals surface area contributed by atoms with Crippen LogP contribution in [0.2, 0.25) is 0 Å². The molecule has 2 N–H and O–H groups in total. The smallest absolute Gasteiger partial charge is 0.174 e. The van der Waals surface area contributed by atoms with Crippen molar-refractivity contribution in [2.45, 2.75) is 20.3 Å². The first kappa shape index (κ1) is 14.5. The Labute approximate surface area is 113 Å². The second kappa shape index (κ2) is 6.98. The summed E-state index contributed by atoms with van der Waals surface area (Å²) in [7, 11) is 0. The normalized spacial score (nSPS) is 12.1. The Hall–Kier alpha value is -2.59. The van der Waals surface area contributed by atoms with E-state index in [0.717, 1.165) is 12.0 Å². The van der Waals surface area contributed by atoms with Crippen LogP contribution in [0.5, 0.6) is 0 Å². The summed E-state index contributed by atoms with van der Waals surface area (Å²) >= 11 is 0. The third kappa shape index (κ3) is 4.65. The van der Waals surface area contributed by atoms with E-state index < -0.39 is 0 Å².